The monoisotopic (exact) mass is 305 g/mol. The summed E-state index contributed by atoms with van der Waals surface area (Å²) in [7, 11) is -3.63. The van der Waals surface area contributed by atoms with Gasteiger partial charge in [0.25, 0.3) is 0 Å². The van der Waals surface area contributed by atoms with E-state index in [1.165, 1.54) is 0 Å². The van der Waals surface area contributed by atoms with Crippen molar-refractivity contribution in [1.82, 2.24) is 4.72 Å². The second kappa shape index (κ2) is 5.79. The molecule has 0 fully saturated rings. The van der Waals surface area contributed by atoms with Crippen molar-refractivity contribution >= 4 is 21.6 Å². The van der Waals surface area contributed by atoms with Crippen molar-refractivity contribution < 1.29 is 13.5 Å². The number of aliphatic hydroxyl groups is 1. The molecule has 0 aliphatic carbocycles. The fraction of sp³-hybridized carbons (Fsp3) is 0.538. The van der Waals surface area contributed by atoms with Gasteiger partial charge in [0.05, 0.1) is 4.90 Å². The van der Waals surface area contributed by atoms with Gasteiger partial charge in [-0.3, -0.25) is 0 Å². The average molecular weight is 306 g/mol. The maximum atomic E-state index is 12.4. The highest BCUT2D eigenvalue weighted by atomic mass is 35.5. The number of rotatable bonds is 4. The molecule has 0 atom stereocenters. The molecule has 0 aromatic heterocycles. The van der Waals surface area contributed by atoms with Crippen LogP contribution in [0.3, 0.4) is 0 Å². The van der Waals surface area contributed by atoms with E-state index in [0.29, 0.717) is 16.1 Å². The van der Waals surface area contributed by atoms with Gasteiger partial charge in [-0.25, -0.2) is 13.1 Å². The number of aliphatic hydroxyl groups excluding tert-OH is 1. The molecule has 1 rings (SSSR count). The van der Waals surface area contributed by atoms with Crippen LogP contribution in [0.5, 0.6) is 0 Å². The van der Waals surface area contributed by atoms with E-state index in [9.17, 15) is 8.42 Å². The van der Waals surface area contributed by atoms with Gasteiger partial charge in [-0.2, -0.15) is 0 Å². The Bertz CT molecular complexity index is 562. The fourth-order valence-corrected chi connectivity index (χ4v) is 3.66. The Kier molecular flexibility index (Phi) is 5.01. The zero-order valence-electron chi connectivity index (χ0n) is 11.6. The molecule has 0 spiro atoms. The number of benzene rings is 1. The van der Waals surface area contributed by atoms with E-state index in [1.54, 1.807) is 39.8 Å². The van der Waals surface area contributed by atoms with E-state index in [1.807, 2.05) is 0 Å². The quantitative estimate of drug-likeness (QED) is 0.896. The molecular formula is C13H20ClNO3S. The summed E-state index contributed by atoms with van der Waals surface area (Å²) in [6.45, 7) is 6.95. The molecule has 0 amide bonds. The Labute approximate surface area is 119 Å². The standard InChI is InChI=1S/C13H20ClNO3S/c1-9-7-12(10(5-6-16)8-11(9)14)19(17,18)15-13(2,3)4/h7-8,15-16H,5-6H2,1-4H3. The van der Waals surface area contributed by atoms with E-state index < -0.39 is 15.6 Å². The molecule has 0 aliphatic rings. The zero-order chi connectivity index (χ0) is 14.8. The van der Waals surface area contributed by atoms with Gasteiger partial charge in [0, 0.05) is 17.2 Å². The lowest BCUT2D eigenvalue weighted by Crippen LogP contribution is -2.40. The summed E-state index contributed by atoms with van der Waals surface area (Å²) in [5.41, 5.74) is 0.649. The Balaban J connectivity index is 3.36. The molecular weight excluding hydrogens is 286 g/mol. The highest BCUT2D eigenvalue weighted by Crippen LogP contribution is 2.25. The van der Waals surface area contributed by atoms with Crippen molar-refractivity contribution in [3.8, 4) is 0 Å². The molecule has 0 saturated heterocycles. The van der Waals surface area contributed by atoms with Crippen molar-refractivity contribution in [3.63, 3.8) is 0 Å². The second-order valence-corrected chi connectivity index (χ2v) is 7.60. The number of hydrogen-bond acceptors (Lipinski definition) is 3. The lowest BCUT2D eigenvalue weighted by atomic mass is 10.1. The van der Waals surface area contributed by atoms with Gasteiger partial charge in [-0.05, 0) is 57.4 Å². The zero-order valence-corrected chi connectivity index (χ0v) is 13.2. The predicted molar refractivity (Wildman–Crippen MR) is 77.1 cm³/mol. The topological polar surface area (TPSA) is 66.4 Å². The van der Waals surface area contributed by atoms with E-state index in [-0.39, 0.29) is 17.9 Å². The van der Waals surface area contributed by atoms with Crippen molar-refractivity contribution in [1.29, 1.82) is 0 Å². The first kappa shape index (κ1) is 16.4. The van der Waals surface area contributed by atoms with Crippen LogP contribution in [0.2, 0.25) is 5.02 Å². The molecule has 6 heteroatoms. The maximum absolute atomic E-state index is 12.4. The van der Waals surface area contributed by atoms with Gasteiger partial charge in [0.15, 0.2) is 0 Å². The number of hydrogen-bond donors (Lipinski definition) is 2. The van der Waals surface area contributed by atoms with Crippen LogP contribution in [0.4, 0.5) is 0 Å². The molecule has 0 aliphatic heterocycles. The van der Waals surface area contributed by atoms with Crippen molar-refractivity contribution in [3.05, 3.63) is 28.3 Å². The summed E-state index contributed by atoms with van der Waals surface area (Å²) in [4.78, 5) is 0.179. The predicted octanol–water partition coefficient (Wildman–Crippen LogP) is 2.26. The summed E-state index contributed by atoms with van der Waals surface area (Å²) >= 11 is 6.01. The minimum absolute atomic E-state index is 0.128. The summed E-state index contributed by atoms with van der Waals surface area (Å²) in [6, 6.07) is 3.14. The lowest BCUT2D eigenvalue weighted by Gasteiger charge is -2.22. The van der Waals surface area contributed by atoms with Gasteiger partial charge in [-0.1, -0.05) is 11.6 Å². The van der Waals surface area contributed by atoms with E-state index in [4.69, 9.17) is 16.7 Å². The summed E-state index contributed by atoms with van der Waals surface area (Å²) < 4.78 is 27.3. The SMILES string of the molecule is Cc1cc(S(=O)(=O)NC(C)(C)C)c(CCO)cc1Cl. The highest BCUT2D eigenvalue weighted by Gasteiger charge is 2.25. The van der Waals surface area contributed by atoms with Gasteiger partial charge < -0.3 is 5.11 Å². The Morgan fingerprint density at radius 1 is 1.32 bits per heavy atom. The van der Waals surface area contributed by atoms with Crippen molar-refractivity contribution in [2.45, 2.75) is 44.6 Å². The van der Waals surface area contributed by atoms with E-state index in [2.05, 4.69) is 4.72 Å². The molecule has 1 aromatic rings. The Morgan fingerprint density at radius 3 is 2.37 bits per heavy atom. The van der Waals surface area contributed by atoms with Gasteiger partial charge in [0.2, 0.25) is 10.0 Å². The molecule has 0 unspecified atom stereocenters. The molecule has 4 nitrogen and oxygen atoms in total. The first-order valence-corrected chi connectivity index (χ1v) is 7.87. The molecule has 19 heavy (non-hydrogen) atoms. The number of halogens is 1. The van der Waals surface area contributed by atoms with E-state index >= 15 is 0 Å². The molecule has 1 aromatic carbocycles. The Hall–Kier alpha value is -0.620. The van der Waals surface area contributed by atoms with Crippen LogP contribution in [0, 0.1) is 6.92 Å². The van der Waals surface area contributed by atoms with Crippen LogP contribution in [-0.2, 0) is 16.4 Å². The average Bonchev–Trinajstić information content (AvgIpc) is 2.19. The smallest absolute Gasteiger partial charge is 0.241 e. The van der Waals surface area contributed by atoms with Crippen LogP contribution >= 0.6 is 11.6 Å². The lowest BCUT2D eigenvalue weighted by molar-refractivity contribution is 0.298. The molecule has 2 N–H and O–H groups in total. The van der Waals surface area contributed by atoms with Crippen LogP contribution in [0.15, 0.2) is 17.0 Å². The first-order valence-electron chi connectivity index (χ1n) is 6.01. The molecule has 108 valence electrons. The summed E-state index contributed by atoms with van der Waals surface area (Å²) in [6.07, 6.45) is 0.250. The minimum atomic E-state index is -3.63. The third kappa shape index (κ3) is 4.45. The highest BCUT2D eigenvalue weighted by molar-refractivity contribution is 7.89. The van der Waals surface area contributed by atoms with Crippen LogP contribution in [0.25, 0.3) is 0 Å². The van der Waals surface area contributed by atoms with Gasteiger partial charge >= 0.3 is 0 Å². The van der Waals surface area contributed by atoms with E-state index in [0.717, 1.165) is 0 Å². The fourth-order valence-electron chi connectivity index (χ4n) is 1.72. The summed E-state index contributed by atoms with van der Waals surface area (Å²) in [5.74, 6) is 0. The molecule has 0 saturated carbocycles. The van der Waals surface area contributed by atoms with Crippen molar-refractivity contribution in [2.75, 3.05) is 6.61 Å². The molecule has 0 radical (unpaired) electrons. The largest absolute Gasteiger partial charge is 0.396 e. The van der Waals surface area contributed by atoms with Crippen molar-refractivity contribution in [2.24, 2.45) is 0 Å². The number of aryl methyl sites for hydroxylation is 1. The Morgan fingerprint density at radius 2 is 1.89 bits per heavy atom. The minimum Gasteiger partial charge on any atom is -0.396 e. The third-order valence-electron chi connectivity index (χ3n) is 2.45. The first-order chi connectivity index (χ1) is 8.57. The van der Waals surface area contributed by atoms with Gasteiger partial charge in [-0.15, -0.1) is 0 Å². The second-order valence-electron chi connectivity index (χ2n) is 5.54. The maximum Gasteiger partial charge on any atom is 0.241 e. The molecule has 0 bridgehead atoms. The number of nitrogens with one attached hydrogen (secondary N) is 1. The van der Waals surface area contributed by atoms with Gasteiger partial charge in [0.1, 0.15) is 0 Å². The number of sulfonamides is 1. The van der Waals surface area contributed by atoms with Crippen LogP contribution in [0.1, 0.15) is 31.9 Å². The summed E-state index contributed by atoms with van der Waals surface area (Å²) in [5, 5.41) is 9.54. The van der Waals surface area contributed by atoms with Crippen LogP contribution in [-0.4, -0.2) is 25.7 Å². The normalized spacial score (nSPS) is 12.7. The van der Waals surface area contributed by atoms with Crippen LogP contribution < -0.4 is 4.72 Å². The third-order valence-corrected chi connectivity index (χ3v) is 4.70. The molecule has 0 heterocycles.